The minimum Gasteiger partial charge on any atom is -0.308 e. The zero-order valence-corrected chi connectivity index (χ0v) is 54.7. The minimum absolute atomic E-state index is 0.0766. The lowest BCUT2D eigenvalue weighted by atomic mass is 9.94. The number of hydrogen-bond donors (Lipinski definition) is 0. The van der Waals surface area contributed by atoms with Gasteiger partial charge in [-0.15, -0.1) is 45.3 Å². The molecule has 458 valence electrons. The van der Waals surface area contributed by atoms with E-state index in [0.717, 1.165) is 153 Å². The molecule has 0 amide bonds. The topological polar surface area (TPSA) is 24.1 Å². The normalized spacial score (nSPS) is 12.6. The number of halogens is 3. The van der Waals surface area contributed by atoms with Crippen LogP contribution in [-0.4, -0.2) is 18.3 Å². The van der Waals surface area contributed by atoms with Crippen molar-refractivity contribution in [3.63, 3.8) is 0 Å². The highest BCUT2D eigenvalue weighted by molar-refractivity contribution is 7.28. The highest BCUT2D eigenvalue weighted by Gasteiger charge is 2.38. The Balaban J connectivity index is 0.910. The number of thiophene rings is 4. The molecule has 0 spiro atoms. The first-order valence-electron chi connectivity index (χ1n) is 32.4. The molecule has 12 heteroatoms. The van der Waals surface area contributed by atoms with Gasteiger partial charge in [-0.3, -0.25) is 0 Å². The van der Waals surface area contributed by atoms with Gasteiger partial charge < -0.3 is 18.3 Å². The number of para-hydroxylation sites is 4. The molecular formula is C86H44F3N5S4. The number of alkyl halides is 3. The Kier molecular flexibility index (Phi) is 11.0. The summed E-state index contributed by atoms with van der Waals surface area (Å²) in [6, 6.07) is 91.4. The summed E-state index contributed by atoms with van der Waals surface area (Å²) in [5.41, 5.74) is 8.26. The quantitative estimate of drug-likeness (QED) is 0.153. The maximum absolute atomic E-state index is 17.6. The largest absolute Gasteiger partial charge is 0.417 e. The van der Waals surface area contributed by atoms with Gasteiger partial charge in [-0.1, -0.05) is 170 Å². The van der Waals surface area contributed by atoms with Crippen LogP contribution in [0.4, 0.5) is 18.9 Å². The lowest BCUT2D eigenvalue weighted by Crippen LogP contribution is -2.12. The van der Waals surface area contributed by atoms with Crippen molar-refractivity contribution in [3.8, 4) is 33.9 Å². The molecule has 0 aliphatic heterocycles. The van der Waals surface area contributed by atoms with E-state index in [1.165, 1.54) is 20.9 Å². The van der Waals surface area contributed by atoms with Gasteiger partial charge in [0.1, 0.15) is 0 Å². The Morgan fingerprint density at radius 2 is 0.531 bits per heavy atom. The summed E-state index contributed by atoms with van der Waals surface area (Å²) in [6.45, 7) is 9.43. The fourth-order valence-electron chi connectivity index (χ4n) is 16.6. The predicted octanol–water partition coefficient (Wildman–Crippen LogP) is 26.8. The first-order chi connectivity index (χ1) is 48.2. The number of fused-ring (bicyclic) bond motifs is 28. The molecular weight excluding hydrogens is 1290 g/mol. The van der Waals surface area contributed by atoms with Crippen molar-refractivity contribution in [2.45, 2.75) is 6.18 Å². The van der Waals surface area contributed by atoms with Crippen LogP contribution in [0.15, 0.2) is 267 Å². The maximum Gasteiger partial charge on any atom is 0.417 e. The van der Waals surface area contributed by atoms with Crippen LogP contribution in [0.2, 0.25) is 0 Å². The molecule has 0 aliphatic rings. The van der Waals surface area contributed by atoms with E-state index in [-0.39, 0.29) is 16.8 Å². The van der Waals surface area contributed by atoms with E-state index in [2.05, 4.69) is 229 Å². The van der Waals surface area contributed by atoms with E-state index >= 15 is 13.2 Å². The van der Waals surface area contributed by atoms with Crippen molar-refractivity contribution in [2.24, 2.45) is 0 Å². The van der Waals surface area contributed by atoms with Crippen molar-refractivity contribution in [1.82, 2.24) is 18.3 Å². The summed E-state index contributed by atoms with van der Waals surface area (Å²) in [7, 11) is 0. The molecule has 0 bridgehead atoms. The third-order valence-corrected chi connectivity index (χ3v) is 25.4. The summed E-state index contributed by atoms with van der Waals surface area (Å²) in [5, 5.41) is 17.2. The van der Waals surface area contributed by atoms with E-state index in [9.17, 15) is 6.57 Å². The van der Waals surface area contributed by atoms with Gasteiger partial charge in [-0.05, 0) is 108 Å². The molecule has 14 aromatic carbocycles. The SMILES string of the molecule is [C-]#[N+]c1cc(-n2c3ccccc3c3c4sc5ccccc5c4ccc32)c(-n2c3ccccc3c3c4sc5ccccc5c4ccc32)cc1-c1cc(-n2c3ccccc3c3c4sc5ccccc5c4ccc32)c(-n2c3ccccc3c3c4sc5ccccc5c4ccc32)cc1C(F)(F)F. The standard InChI is InChI=1S/C86H44F3N5S4/c1-90-61-45-73(94-65-29-13-5-25-57(65)81-69(94)41-37-53-49-21-9-17-33-77(49)98-85(53)81)71(92-63-27-11-3-23-55(63)79-67(92)39-35-51-47-19-7-15-31-75(47)96-83(51)79)43-59(61)58-42-70(91-62-26-10-2-22-54(62)78-66(91)38-34-50-46-18-6-14-30-74(46)95-82(50)78)72(44-60(58)86(87,88)89)93-64-28-12-4-24-56(64)80-68(93)40-36-52-48-20-8-16-32-76(48)97-84(52)80/h2-45H. The summed E-state index contributed by atoms with van der Waals surface area (Å²) in [4.78, 5) is 4.39. The molecule has 22 rings (SSSR count). The molecule has 0 saturated heterocycles. The first kappa shape index (κ1) is 54.7. The van der Waals surface area contributed by atoms with Crippen LogP contribution in [0, 0.1) is 6.57 Å². The average molecular weight is 1330 g/mol. The van der Waals surface area contributed by atoms with Crippen LogP contribution in [0.25, 0.3) is 207 Å². The molecule has 22 aromatic rings. The average Bonchev–Trinajstić information content (AvgIpc) is 1.55. The van der Waals surface area contributed by atoms with Crippen molar-refractivity contribution < 1.29 is 13.2 Å². The summed E-state index contributed by atoms with van der Waals surface area (Å²) >= 11 is 6.96. The molecule has 0 atom stereocenters. The Morgan fingerprint density at radius 1 is 0.265 bits per heavy atom. The molecule has 8 heterocycles. The van der Waals surface area contributed by atoms with Crippen molar-refractivity contribution >= 4 is 219 Å². The number of hydrogen-bond acceptors (Lipinski definition) is 4. The first-order valence-corrected chi connectivity index (χ1v) is 35.7. The lowest BCUT2D eigenvalue weighted by molar-refractivity contribution is -0.137. The van der Waals surface area contributed by atoms with Crippen LogP contribution >= 0.6 is 45.3 Å². The smallest absolute Gasteiger partial charge is 0.308 e. The summed E-state index contributed by atoms with van der Waals surface area (Å²) in [5.74, 6) is 0. The molecule has 98 heavy (non-hydrogen) atoms. The molecule has 0 fully saturated rings. The molecule has 0 aliphatic carbocycles. The van der Waals surface area contributed by atoms with Crippen LogP contribution < -0.4 is 0 Å². The Bertz CT molecular complexity index is 7400. The zero-order chi connectivity index (χ0) is 64.6. The van der Waals surface area contributed by atoms with Crippen molar-refractivity contribution in [1.29, 1.82) is 0 Å². The highest BCUT2D eigenvalue weighted by Crippen LogP contribution is 2.54. The number of benzene rings is 14. The van der Waals surface area contributed by atoms with Crippen molar-refractivity contribution in [3.05, 3.63) is 284 Å². The van der Waals surface area contributed by atoms with Crippen LogP contribution in [0.3, 0.4) is 0 Å². The molecule has 0 unspecified atom stereocenters. The van der Waals surface area contributed by atoms with E-state index in [0.29, 0.717) is 22.7 Å². The van der Waals surface area contributed by atoms with Gasteiger partial charge >= 0.3 is 6.18 Å². The predicted molar refractivity (Wildman–Crippen MR) is 412 cm³/mol. The van der Waals surface area contributed by atoms with Gasteiger partial charge in [0.2, 0.25) is 0 Å². The zero-order valence-electron chi connectivity index (χ0n) is 51.4. The Hall–Kier alpha value is -11.6. The summed E-state index contributed by atoms with van der Waals surface area (Å²) in [6.07, 6.45) is -4.94. The summed E-state index contributed by atoms with van der Waals surface area (Å²) < 4.78 is 70.6. The number of rotatable bonds is 5. The van der Waals surface area contributed by atoms with Gasteiger partial charge in [0.25, 0.3) is 0 Å². The van der Waals surface area contributed by atoms with Gasteiger partial charge in [0.15, 0.2) is 5.69 Å². The second-order valence-electron chi connectivity index (χ2n) is 25.5. The Morgan fingerprint density at radius 3 is 0.837 bits per heavy atom. The highest BCUT2D eigenvalue weighted by atomic mass is 32.1. The van der Waals surface area contributed by atoms with Crippen LogP contribution in [0.5, 0.6) is 0 Å². The maximum atomic E-state index is 17.6. The fourth-order valence-corrected chi connectivity index (χ4v) is 21.6. The van der Waals surface area contributed by atoms with E-state index in [1.54, 1.807) is 51.4 Å². The van der Waals surface area contributed by atoms with Crippen LogP contribution in [-0.2, 0) is 6.18 Å². The van der Waals surface area contributed by atoms with Gasteiger partial charge in [0, 0.05) is 124 Å². The minimum atomic E-state index is -4.94. The monoisotopic (exact) mass is 1330 g/mol. The number of aromatic nitrogens is 4. The lowest BCUT2D eigenvalue weighted by Gasteiger charge is -2.24. The molecule has 8 aromatic heterocycles. The van der Waals surface area contributed by atoms with E-state index in [4.69, 9.17) is 0 Å². The third kappa shape index (κ3) is 7.27. The van der Waals surface area contributed by atoms with E-state index in [1.807, 2.05) is 48.5 Å². The molecule has 0 radical (unpaired) electrons. The second kappa shape index (κ2) is 19.8. The van der Waals surface area contributed by atoms with Gasteiger partial charge in [0.05, 0.1) is 79.0 Å². The molecule has 0 saturated carbocycles. The second-order valence-corrected chi connectivity index (χ2v) is 29.7. The third-order valence-electron chi connectivity index (χ3n) is 20.6. The van der Waals surface area contributed by atoms with Gasteiger partial charge in [-0.2, -0.15) is 13.2 Å². The van der Waals surface area contributed by atoms with Crippen LogP contribution in [0.1, 0.15) is 5.56 Å². The number of nitrogens with zero attached hydrogens (tertiary/aromatic N) is 5. The fraction of sp³-hybridized carbons (Fsp3) is 0.0116. The van der Waals surface area contributed by atoms with Crippen molar-refractivity contribution in [2.75, 3.05) is 0 Å². The Labute approximate surface area is 570 Å². The van der Waals surface area contributed by atoms with E-state index < -0.39 is 11.7 Å². The van der Waals surface area contributed by atoms with Gasteiger partial charge in [-0.25, -0.2) is 4.85 Å². The molecule has 5 nitrogen and oxygen atoms in total. The molecule has 0 N–H and O–H groups in total.